The lowest BCUT2D eigenvalue weighted by molar-refractivity contribution is -0.276. The molecule has 8 heteroatoms. The first-order chi connectivity index (χ1) is 7.42. The fraction of sp³-hybridized carbons (Fsp3) is 0.375. The number of hydrogen-bond acceptors (Lipinski definition) is 5. The number of carbonyl (C=O) groups is 1. The topological polar surface area (TPSA) is 61.3 Å². The molecule has 0 saturated carbocycles. The van der Waals surface area contributed by atoms with Crippen molar-refractivity contribution in [3.8, 4) is 5.88 Å². The number of ether oxygens (including phenoxy) is 2. The molecule has 0 unspecified atom stereocenters. The third-order valence-electron chi connectivity index (χ3n) is 1.33. The highest BCUT2D eigenvalue weighted by Crippen LogP contribution is 2.19. The largest absolute Gasteiger partial charge is 0.574 e. The number of rotatable bonds is 3. The van der Waals surface area contributed by atoms with Gasteiger partial charge >= 0.3 is 12.3 Å². The molecule has 0 radical (unpaired) electrons. The zero-order chi connectivity index (χ0) is 12.2. The highest BCUT2D eigenvalue weighted by molar-refractivity contribution is 5.86. The van der Waals surface area contributed by atoms with Crippen LogP contribution in [0.1, 0.15) is 17.4 Å². The molecule has 0 atom stereocenters. The molecule has 0 bridgehead atoms. The molecule has 5 nitrogen and oxygen atoms in total. The molecule has 0 amide bonds. The van der Waals surface area contributed by atoms with Crippen molar-refractivity contribution in [1.29, 1.82) is 0 Å². The maximum atomic E-state index is 11.7. The van der Waals surface area contributed by atoms with Crippen molar-refractivity contribution in [2.24, 2.45) is 0 Å². The van der Waals surface area contributed by atoms with E-state index in [4.69, 9.17) is 0 Å². The van der Waals surface area contributed by atoms with Crippen LogP contribution in [0.3, 0.4) is 0 Å². The quantitative estimate of drug-likeness (QED) is 0.745. The standard InChI is InChI=1S/C8H7F3N2O3/c1-2-15-7(14)5-3-13-6(4-12-5)16-8(9,10)11/h3-4H,2H2,1H3. The lowest BCUT2D eigenvalue weighted by Crippen LogP contribution is -2.18. The van der Waals surface area contributed by atoms with Crippen LogP contribution in [-0.2, 0) is 4.74 Å². The molecule has 1 rings (SSSR count). The van der Waals surface area contributed by atoms with Crippen LogP contribution < -0.4 is 4.74 Å². The predicted octanol–water partition coefficient (Wildman–Crippen LogP) is 1.55. The predicted molar refractivity (Wildman–Crippen MR) is 44.7 cm³/mol. The van der Waals surface area contributed by atoms with Crippen molar-refractivity contribution >= 4 is 5.97 Å². The molecule has 0 saturated heterocycles. The van der Waals surface area contributed by atoms with Gasteiger partial charge in [-0.15, -0.1) is 13.2 Å². The van der Waals surface area contributed by atoms with Crippen LogP contribution in [0.2, 0.25) is 0 Å². The SMILES string of the molecule is CCOC(=O)c1cnc(OC(F)(F)F)cn1. The fourth-order valence-corrected chi connectivity index (χ4v) is 0.798. The van der Waals surface area contributed by atoms with E-state index in [1.54, 1.807) is 6.92 Å². The maximum Gasteiger partial charge on any atom is 0.574 e. The fourth-order valence-electron chi connectivity index (χ4n) is 0.798. The summed E-state index contributed by atoms with van der Waals surface area (Å²) in [6.45, 7) is 1.73. The third kappa shape index (κ3) is 3.71. The molecule has 1 aromatic rings. The molecule has 1 aromatic heterocycles. The van der Waals surface area contributed by atoms with Crippen molar-refractivity contribution in [2.75, 3.05) is 6.61 Å². The van der Waals surface area contributed by atoms with Crippen molar-refractivity contribution in [3.05, 3.63) is 18.1 Å². The van der Waals surface area contributed by atoms with E-state index in [1.807, 2.05) is 0 Å². The van der Waals surface area contributed by atoms with Gasteiger partial charge < -0.3 is 9.47 Å². The second kappa shape index (κ2) is 4.77. The Morgan fingerprint density at radius 3 is 2.50 bits per heavy atom. The average Bonchev–Trinajstić information content (AvgIpc) is 2.16. The van der Waals surface area contributed by atoms with Gasteiger partial charge in [0, 0.05) is 0 Å². The number of aromatic nitrogens is 2. The first kappa shape index (κ1) is 12.2. The summed E-state index contributed by atoms with van der Waals surface area (Å²) < 4.78 is 43.3. The monoisotopic (exact) mass is 236 g/mol. The molecule has 0 aliphatic carbocycles. The zero-order valence-electron chi connectivity index (χ0n) is 8.11. The van der Waals surface area contributed by atoms with Gasteiger partial charge in [0.15, 0.2) is 5.69 Å². The molecule has 0 aliphatic heterocycles. The third-order valence-corrected chi connectivity index (χ3v) is 1.33. The van der Waals surface area contributed by atoms with Gasteiger partial charge in [0.1, 0.15) is 0 Å². The second-order valence-electron chi connectivity index (χ2n) is 2.51. The summed E-state index contributed by atoms with van der Waals surface area (Å²) in [5.74, 6) is -1.49. The Morgan fingerprint density at radius 1 is 1.38 bits per heavy atom. The van der Waals surface area contributed by atoms with E-state index >= 15 is 0 Å². The normalized spacial score (nSPS) is 11.0. The van der Waals surface area contributed by atoms with Crippen molar-refractivity contribution in [1.82, 2.24) is 9.97 Å². The Morgan fingerprint density at radius 2 is 2.06 bits per heavy atom. The van der Waals surface area contributed by atoms with E-state index in [9.17, 15) is 18.0 Å². The van der Waals surface area contributed by atoms with Gasteiger partial charge in [0.05, 0.1) is 19.0 Å². The molecule has 88 valence electrons. The van der Waals surface area contributed by atoms with Gasteiger partial charge in [-0.3, -0.25) is 0 Å². The second-order valence-corrected chi connectivity index (χ2v) is 2.51. The Balaban J connectivity index is 2.72. The molecule has 0 aromatic carbocycles. The summed E-state index contributed by atoms with van der Waals surface area (Å²) >= 11 is 0. The number of carbonyl (C=O) groups excluding carboxylic acids is 1. The first-order valence-corrected chi connectivity index (χ1v) is 4.17. The van der Waals surface area contributed by atoms with E-state index in [0.717, 1.165) is 6.20 Å². The Hall–Kier alpha value is -1.86. The van der Waals surface area contributed by atoms with Gasteiger partial charge in [0.25, 0.3) is 0 Å². The Labute approximate surface area is 88.2 Å². The van der Waals surface area contributed by atoms with Gasteiger partial charge in [-0.05, 0) is 6.92 Å². The van der Waals surface area contributed by atoms with Crippen molar-refractivity contribution < 1.29 is 27.4 Å². The lowest BCUT2D eigenvalue weighted by Gasteiger charge is -2.07. The Bertz CT molecular complexity index is 364. The van der Waals surface area contributed by atoms with Crippen LogP contribution in [0.4, 0.5) is 13.2 Å². The number of esters is 1. The van der Waals surface area contributed by atoms with Crippen LogP contribution in [0, 0.1) is 0 Å². The molecule has 0 N–H and O–H groups in total. The van der Waals surface area contributed by atoms with Crippen molar-refractivity contribution in [2.45, 2.75) is 13.3 Å². The maximum absolute atomic E-state index is 11.7. The van der Waals surface area contributed by atoms with Crippen LogP contribution in [0.25, 0.3) is 0 Å². The molecule has 1 heterocycles. The minimum atomic E-state index is -4.83. The van der Waals surface area contributed by atoms with Gasteiger partial charge in [-0.1, -0.05) is 0 Å². The van der Waals surface area contributed by atoms with E-state index < -0.39 is 18.2 Å². The average molecular weight is 236 g/mol. The molecular formula is C8H7F3N2O3. The Kier molecular flexibility index (Phi) is 3.64. The highest BCUT2D eigenvalue weighted by Gasteiger charge is 2.32. The van der Waals surface area contributed by atoms with Crippen LogP contribution in [0.15, 0.2) is 12.4 Å². The summed E-state index contributed by atoms with van der Waals surface area (Å²) in [4.78, 5) is 17.7. The number of alkyl halides is 3. The van der Waals surface area contributed by atoms with Gasteiger partial charge in [0.2, 0.25) is 5.88 Å². The van der Waals surface area contributed by atoms with Gasteiger partial charge in [-0.25, -0.2) is 14.8 Å². The minimum Gasteiger partial charge on any atom is -0.461 e. The van der Waals surface area contributed by atoms with E-state index in [0.29, 0.717) is 6.20 Å². The molecule has 0 fully saturated rings. The minimum absolute atomic E-state index is 0.140. The van der Waals surface area contributed by atoms with Crippen LogP contribution >= 0.6 is 0 Å². The summed E-state index contributed by atoms with van der Waals surface area (Å²) in [5.41, 5.74) is -0.184. The van der Waals surface area contributed by atoms with Gasteiger partial charge in [-0.2, -0.15) is 0 Å². The number of hydrogen-bond donors (Lipinski definition) is 0. The number of halogens is 3. The molecule has 0 spiro atoms. The number of nitrogens with zero attached hydrogens (tertiary/aromatic N) is 2. The summed E-state index contributed by atoms with van der Waals surface area (Å²) in [5, 5.41) is 0. The molecule has 16 heavy (non-hydrogen) atoms. The summed E-state index contributed by atoms with van der Waals surface area (Å²) in [7, 11) is 0. The zero-order valence-corrected chi connectivity index (χ0v) is 8.11. The smallest absolute Gasteiger partial charge is 0.461 e. The summed E-state index contributed by atoms with van der Waals surface area (Å²) in [6.07, 6.45) is -3.29. The van der Waals surface area contributed by atoms with Crippen LogP contribution in [-0.4, -0.2) is 28.9 Å². The lowest BCUT2D eigenvalue weighted by atomic mass is 10.4. The van der Waals surface area contributed by atoms with E-state index in [2.05, 4.69) is 19.4 Å². The van der Waals surface area contributed by atoms with E-state index in [1.165, 1.54) is 0 Å². The highest BCUT2D eigenvalue weighted by atomic mass is 19.4. The molecule has 0 aliphatic rings. The van der Waals surface area contributed by atoms with E-state index in [-0.39, 0.29) is 12.3 Å². The summed E-state index contributed by atoms with van der Waals surface area (Å²) in [6, 6.07) is 0. The van der Waals surface area contributed by atoms with Crippen molar-refractivity contribution in [3.63, 3.8) is 0 Å². The first-order valence-electron chi connectivity index (χ1n) is 4.17. The van der Waals surface area contributed by atoms with Crippen LogP contribution in [0.5, 0.6) is 5.88 Å². The molecular weight excluding hydrogens is 229 g/mol.